The number of carbonyl (C=O) groups excluding carboxylic acids is 2. The zero-order chi connectivity index (χ0) is 18.6. The predicted octanol–water partition coefficient (Wildman–Crippen LogP) is 3.42. The van der Waals surface area contributed by atoms with Crippen LogP contribution < -0.4 is 15.8 Å². The first-order chi connectivity index (χ1) is 11.8. The second-order valence-corrected chi connectivity index (χ2v) is 5.85. The molecule has 0 saturated carbocycles. The molecule has 1 atom stereocenters. The molecule has 0 aromatic heterocycles. The van der Waals surface area contributed by atoms with Gasteiger partial charge in [0.1, 0.15) is 5.75 Å². The molecule has 0 fully saturated rings. The number of methoxy groups -OCH3 is 1. The molecular weight excluding hydrogens is 344 g/mol. The number of ether oxygens (including phenoxy) is 2. The number of nitrogen functional groups attached to an aromatic ring is 1. The number of hydrogen-bond donors (Lipinski definition) is 2. The van der Waals surface area contributed by atoms with Crippen molar-refractivity contribution >= 4 is 34.9 Å². The van der Waals surface area contributed by atoms with Crippen molar-refractivity contribution in [1.82, 2.24) is 0 Å². The molecular formula is C18H19ClN2O4. The van der Waals surface area contributed by atoms with Crippen LogP contribution in [0.4, 0.5) is 11.4 Å². The van der Waals surface area contributed by atoms with E-state index < -0.39 is 18.0 Å². The molecule has 0 spiro atoms. The van der Waals surface area contributed by atoms with Crippen molar-refractivity contribution in [3.05, 3.63) is 52.5 Å². The van der Waals surface area contributed by atoms with Gasteiger partial charge in [-0.2, -0.15) is 0 Å². The number of rotatable bonds is 5. The Bertz CT molecular complexity index is 808. The molecule has 0 radical (unpaired) electrons. The van der Waals surface area contributed by atoms with Gasteiger partial charge in [-0.1, -0.05) is 23.7 Å². The van der Waals surface area contributed by atoms with Crippen molar-refractivity contribution in [2.45, 2.75) is 20.0 Å². The minimum absolute atomic E-state index is 0.222. The number of aryl methyl sites for hydroxylation is 1. The van der Waals surface area contributed by atoms with Crippen LogP contribution in [0.25, 0.3) is 0 Å². The van der Waals surface area contributed by atoms with Crippen LogP contribution in [0.2, 0.25) is 5.02 Å². The van der Waals surface area contributed by atoms with Gasteiger partial charge in [0.2, 0.25) is 0 Å². The minimum Gasteiger partial charge on any atom is -0.495 e. The van der Waals surface area contributed by atoms with Crippen molar-refractivity contribution in [3.63, 3.8) is 0 Å². The topological polar surface area (TPSA) is 90.6 Å². The maximum Gasteiger partial charge on any atom is 0.341 e. The van der Waals surface area contributed by atoms with E-state index in [9.17, 15) is 9.59 Å². The summed E-state index contributed by atoms with van der Waals surface area (Å²) in [6, 6.07) is 9.85. The second-order valence-electron chi connectivity index (χ2n) is 5.42. The van der Waals surface area contributed by atoms with Crippen molar-refractivity contribution in [3.8, 4) is 5.75 Å². The Kier molecular flexibility index (Phi) is 5.88. The predicted molar refractivity (Wildman–Crippen MR) is 97.1 cm³/mol. The summed E-state index contributed by atoms with van der Waals surface area (Å²) in [6.07, 6.45) is -1.03. The molecule has 0 aliphatic heterocycles. The monoisotopic (exact) mass is 362 g/mol. The average molecular weight is 363 g/mol. The van der Waals surface area contributed by atoms with Crippen molar-refractivity contribution in [1.29, 1.82) is 0 Å². The summed E-state index contributed by atoms with van der Waals surface area (Å²) in [6.45, 7) is 3.25. The Balaban J connectivity index is 2.09. The van der Waals surface area contributed by atoms with Gasteiger partial charge in [0.15, 0.2) is 6.10 Å². The van der Waals surface area contributed by atoms with Gasteiger partial charge < -0.3 is 20.5 Å². The third kappa shape index (κ3) is 4.42. The van der Waals surface area contributed by atoms with Crippen molar-refractivity contribution in [2.24, 2.45) is 0 Å². The maximum atomic E-state index is 12.3. The van der Waals surface area contributed by atoms with Crippen molar-refractivity contribution in [2.75, 3.05) is 18.2 Å². The molecule has 0 heterocycles. The van der Waals surface area contributed by atoms with Gasteiger partial charge in [0, 0.05) is 10.7 Å². The Morgan fingerprint density at radius 2 is 1.96 bits per heavy atom. The summed E-state index contributed by atoms with van der Waals surface area (Å²) >= 11 is 5.93. The van der Waals surface area contributed by atoms with E-state index in [4.69, 9.17) is 26.8 Å². The molecule has 1 amide bonds. The molecule has 0 aliphatic rings. The van der Waals surface area contributed by atoms with Crippen molar-refractivity contribution < 1.29 is 19.1 Å². The van der Waals surface area contributed by atoms with E-state index in [0.29, 0.717) is 22.1 Å². The first kappa shape index (κ1) is 18.6. The lowest BCUT2D eigenvalue weighted by Crippen LogP contribution is -2.30. The number of para-hydroxylation sites is 1. The van der Waals surface area contributed by atoms with E-state index in [1.807, 2.05) is 0 Å². The summed E-state index contributed by atoms with van der Waals surface area (Å²) in [5.74, 6) is -0.735. The van der Waals surface area contributed by atoms with Gasteiger partial charge in [0.25, 0.3) is 5.91 Å². The third-order valence-corrected chi connectivity index (χ3v) is 3.85. The summed E-state index contributed by atoms with van der Waals surface area (Å²) in [5, 5.41) is 3.07. The number of halogens is 1. The standard InChI is InChI=1S/C18H19ClN2O4/c1-10-5-4-6-13(16(10)20)18(23)25-11(2)17(22)21-14-9-12(19)7-8-15(14)24-3/h4-9,11H,20H2,1-3H3,(H,21,22)/t11-/m1/s1. The Morgan fingerprint density at radius 3 is 2.64 bits per heavy atom. The SMILES string of the molecule is COc1ccc(Cl)cc1NC(=O)[C@@H](C)OC(=O)c1cccc(C)c1N. The highest BCUT2D eigenvalue weighted by molar-refractivity contribution is 6.31. The molecule has 25 heavy (non-hydrogen) atoms. The number of benzene rings is 2. The lowest BCUT2D eigenvalue weighted by atomic mass is 10.1. The number of anilines is 2. The van der Waals surface area contributed by atoms with E-state index >= 15 is 0 Å². The highest BCUT2D eigenvalue weighted by Crippen LogP contribution is 2.28. The Morgan fingerprint density at radius 1 is 1.24 bits per heavy atom. The number of hydrogen-bond acceptors (Lipinski definition) is 5. The first-order valence-corrected chi connectivity index (χ1v) is 7.91. The third-order valence-electron chi connectivity index (χ3n) is 3.62. The van der Waals surface area contributed by atoms with Crippen LogP contribution in [-0.2, 0) is 9.53 Å². The van der Waals surface area contributed by atoms with Crippen LogP contribution in [0.1, 0.15) is 22.8 Å². The van der Waals surface area contributed by atoms with Crippen LogP contribution in [0.15, 0.2) is 36.4 Å². The zero-order valence-electron chi connectivity index (χ0n) is 14.1. The number of amides is 1. The van der Waals surface area contributed by atoms with E-state index in [1.54, 1.807) is 43.3 Å². The van der Waals surface area contributed by atoms with E-state index in [1.165, 1.54) is 14.0 Å². The quantitative estimate of drug-likeness (QED) is 0.628. The molecule has 2 aromatic rings. The van der Waals surface area contributed by atoms with Gasteiger partial charge in [-0.3, -0.25) is 4.79 Å². The molecule has 0 unspecified atom stereocenters. The fourth-order valence-electron chi connectivity index (χ4n) is 2.15. The Labute approximate surface area is 150 Å². The van der Waals surface area contributed by atoms with Crippen LogP contribution >= 0.6 is 11.6 Å². The van der Waals surface area contributed by atoms with Crippen LogP contribution in [0.5, 0.6) is 5.75 Å². The molecule has 0 aliphatic carbocycles. The lowest BCUT2D eigenvalue weighted by molar-refractivity contribution is -0.123. The van der Waals surface area contributed by atoms with Crippen LogP contribution in [0, 0.1) is 6.92 Å². The fraction of sp³-hybridized carbons (Fsp3) is 0.222. The summed E-state index contributed by atoms with van der Waals surface area (Å²) in [4.78, 5) is 24.5. The van der Waals surface area contributed by atoms with Gasteiger partial charge in [-0.05, 0) is 43.7 Å². The molecule has 6 nitrogen and oxygen atoms in total. The lowest BCUT2D eigenvalue weighted by Gasteiger charge is -2.16. The van der Waals surface area contributed by atoms with E-state index in [2.05, 4.69) is 5.32 Å². The minimum atomic E-state index is -1.03. The fourth-order valence-corrected chi connectivity index (χ4v) is 2.32. The number of nitrogens with two attached hydrogens (primary N) is 1. The summed E-state index contributed by atoms with van der Waals surface area (Å²) < 4.78 is 10.4. The number of nitrogens with one attached hydrogen (secondary N) is 1. The highest BCUT2D eigenvalue weighted by atomic mass is 35.5. The number of carbonyl (C=O) groups is 2. The molecule has 7 heteroatoms. The average Bonchev–Trinajstić information content (AvgIpc) is 2.57. The van der Waals surface area contributed by atoms with Gasteiger partial charge in [-0.15, -0.1) is 0 Å². The van der Waals surface area contributed by atoms with Gasteiger partial charge >= 0.3 is 5.97 Å². The summed E-state index contributed by atoms with van der Waals surface area (Å²) in [7, 11) is 1.48. The normalized spacial score (nSPS) is 11.5. The van der Waals surface area contributed by atoms with E-state index in [0.717, 1.165) is 5.56 Å². The zero-order valence-corrected chi connectivity index (χ0v) is 14.9. The van der Waals surface area contributed by atoms with E-state index in [-0.39, 0.29) is 5.56 Å². The first-order valence-electron chi connectivity index (χ1n) is 7.54. The maximum absolute atomic E-state index is 12.3. The molecule has 3 N–H and O–H groups in total. The van der Waals surface area contributed by atoms with Crippen LogP contribution in [0.3, 0.4) is 0 Å². The molecule has 2 rings (SSSR count). The molecule has 0 saturated heterocycles. The Hall–Kier alpha value is -2.73. The van der Waals surface area contributed by atoms with Gasteiger partial charge in [-0.25, -0.2) is 4.79 Å². The largest absolute Gasteiger partial charge is 0.495 e. The highest BCUT2D eigenvalue weighted by Gasteiger charge is 2.21. The number of esters is 1. The molecule has 132 valence electrons. The second kappa shape index (κ2) is 7.90. The summed E-state index contributed by atoms with van der Waals surface area (Å²) in [5.41, 5.74) is 7.58. The van der Waals surface area contributed by atoms with Gasteiger partial charge in [0.05, 0.1) is 18.4 Å². The smallest absolute Gasteiger partial charge is 0.341 e. The molecule has 0 bridgehead atoms. The molecule has 2 aromatic carbocycles. The van der Waals surface area contributed by atoms with Crippen LogP contribution in [-0.4, -0.2) is 25.1 Å².